The van der Waals surface area contributed by atoms with Gasteiger partial charge in [-0.05, 0) is 12.8 Å². The Morgan fingerprint density at radius 2 is 1.83 bits per heavy atom. The average molecular weight is 345 g/mol. The van der Waals surface area contributed by atoms with Crippen molar-refractivity contribution in [1.82, 2.24) is 0 Å². The molecule has 24 heavy (non-hydrogen) atoms. The third kappa shape index (κ3) is 5.14. The van der Waals surface area contributed by atoms with Crippen molar-refractivity contribution in [3.63, 3.8) is 0 Å². The third-order valence-corrected chi connectivity index (χ3v) is 4.35. The van der Waals surface area contributed by atoms with E-state index in [-0.39, 0.29) is 12.7 Å². The van der Waals surface area contributed by atoms with Gasteiger partial charge < -0.3 is 29.8 Å². The van der Waals surface area contributed by atoms with Crippen molar-refractivity contribution in [1.29, 1.82) is 0 Å². The molecule has 2 rings (SSSR count). The molecule has 3 unspecified atom stereocenters. The molecule has 3 N–H and O–H groups in total. The molecule has 2 fully saturated rings. The van der Waals surface area contributed by atoms with Crippen LogP contribution in [-0.4, -0.2) is 60.4 Å². The topological polar surface area (TPSA) is 117 Å². The third-order valence-electron chi connectivity index (χ3n) is 4.35. The highest BCUT2D eigenvalue weighted by molar-refractivity contribution is 5.66. The summed E-state index contributed by atoms with van der Waals surface area (Å²) in [5.41, 5.74) is 6.10. The molecule has 8 nitrogen and oxygen atoms in total. The molecule has 0 aromatic carbocycles. The van der Waals surface area contributed by atoms with Crippen LogP contribution in [0.4, 0.5) is 0 Å². The Morgan fingerprint density at radius 1 is 1.17 bits per heavy atom. The van der Waals surface area contributed by atoms with Crippen LogP contribution in [0.3, 0.4) is 0 Å². The number of carbonyl (C=O) groups is 2. The first-order valence-corrected chi connectivity index (χ1v) is 8.43. The fraction of sp³-hybridized carbons (Fsp3) is 0.875. The number of rotatable bonds is 5. The van der Waals surface area contributed by atoms with Crippen molar-refractivity contribution in [2.75, 3.05) is 6.61 Å². The monoisotopic (exact) mass is 345 g/mol. The lowest BCUT2D eigenvalue weighted by Crippen LogP contribution is -2.64. The number of hydrogen-bond acceptors (Lipinski definition) is 8. The molecule has 8 heteroatoms. The van der Waals surface area contributed by atoms with E-state index in [1.54, 1.807) is 0 Å². The second-order valence-electron chi connectivity index (χ2n) is 6.38. The van der Waals surface area contributed by atoms with E-state index in [4.69, 9.17) is 24.7 Å². The number of ether oxygens (including phenoxy) is 4. The molecule has 138 valence electrons. The molecule has 1 aliphatic carbocycles. The van der Waals surface area contributed by atoms with E-state index in [0.717, 1.165) is 25.7 Å². The zero-order valence-electron chi connectivity index (χ0n) is 14.2. The van der Waals surface area contributed by atoms with Gasteiger partial charge in [0.1, 0.15) is 18.8 Å². The van der Waals surface area contributed by atoms with Gasteiger partial charge in [-0.25, -0.2) is 0 Å². The fourth-order valence-electron chi connectivity index (χ4n) is 3.13. The van der Waals surface area contributed by atoms with Crippen molar-refractivity contribution in [3.05, 3.63) is 0 Å². The summed E-state index contributed by atoms with van der Waals surface area (Å²) < 4.78 is 21.7. The second kappa shape index (κ2) is 8.75. The Balaban J connectivity index is 2.06. The molecule has 0 aromatic rings. The molecule has 0 amide bonds. The van der Waals surface area contributed by atoms with Gasteiger partial charge in [-0.15, -0.1) is 0 Å². The quantitative estimate of drug-likeness (QED) is 0.681. The van der Waals surface area contributed by atoms with Gasteiger partial charge in [-0.2, -0.15) is 0 Å². The summed E-state index contributed by atoms with van der Waals surface area (Å²) in [5, 5.41) is 10.4. The van der Waals surface area contributed by atoms with Crippen LogP contribution in [0.25, 0.3) is 0 Å². The number of nitrogens with two attached hydrogens (primary N) is 1. The molecule has 1 saturated heterocycles. The Kier molecular flexibility index (Phi) is 6.97. The first-order valence-electron chi connectivity index (χ1n) is 8.43. The lowest BCUT2D eigenvalue weighted by molar-refractivity contribution is -0.283. The molecule has 5 atom stereocenters. The summed E-state index contributed by atoms with van der Waals surface area (Å²) >= 11 is 0. The number of carbonyl (C=O) groups excluding carboxylic acids is 2. The SMILES string of the molecule is CC(=O)OCC1O[C@@H](OC2CCCCC2)C(N)C(OC(C)=O)[C@H]1O. The van der Waals surface area contributed by atoms with Gasteiger partial charge in [0.2, 0.25) is 0 Å². The van der Waals surface area contributed by atoms with Crippen LogP contribution in [0.2, 0.25) is 0 Å². The highest BCUT2D eigenvalue weighted by Gasteiger charge is 2.47. The van der Waals surface area contributed by atoms with E-state index in [2.05, 4.69) is 0 Å². The molecule has 2 aliphatic rings. The highest BCUT2D eigenvalue weighted by Crippen LogP contribution is 2.28. The predicted molar refractivity (Wildman–Crippen MR) is 82.8 cm³/mol. The van der Waals surface area contributed by atoms with Gasteiger partial charge in [0.15, 0.2) is 12.4 Å². The molecular weight excluding hydrogens is 318 g/mol. The smallest absolute Gasteiger partial charge is 0.303 e. The first kappa shape index (κ1) is 19.1. The van der Waals surface area contributed by atoms with Crippen LogP contribution >= 0.6 is 0 Å². The van der Waals surface area contributed by atoms with Gasteiger partial charge in [0.05, 0.1) is 12.1 Å². The largest absolute Gasteiger partial charge is 0.463 e. The number of aliphatic hydroxyl groups excluding tert-OH is 1. The minimum absolute atomic E-state index is 0.0254. The summed E-state index contributed by atoms with van der Waals surface area (Å²) in [4.78, 5) is 22.3. The van der Waals surface area contributed by atoms with E-state index in [0.29, 0.717) is 0 Å². The lowest BCUT2D eigenvalue weighted by Gasteiger charge is -2.43. The second-order valence-corrected chi connectivity index (χ2v) is 6.38. The van der Waals surface area contributed by atoms with E-state index < -0.39 is 42.6 Å². The fourth-order valence-corrected chi connectivity index (χ4v) is 3.13. The maximum atomic E-state index is 11.3. The van der Waals surface area contributed by atoms with Gasteiger partial charge in [0.25, 0.3) is 0 Å². The van der Waals surface area contributed by atoms with Gasteiger partial charge >= 0.3 is 11.9 Å². The van der Waals surface area contributed by atoms with Crippen molar-refractivity contribution in [3.8, 4) is 0 Å². The molecule has 1 aliphatic heterocycles. The first-order chi connectivity index (χ1) is 11.4. The maximum absolute atomic E-state index is 11.3. The average Bonchev–Trinajstić information content (AvgIpc) is 2.53. The number of aliphatic hydroxyl groups is 1. The van der Waals surface area contributed by atoms with Crippen LogP contribution < -0.4 is 5.73 Å². The molecule has 0 spiro atoms. The summed E-state index contributed by atoms with van der Waals surface area (Å²) in [6.45, 7) is 2.35. The molecule has 1 heterocycles. The van der Waals surface area contributed by atoms with E-state index in [1.165, 1.54) is 20.3 Å². The van der Waals surface area contributed by atoms with Crippen LogP contribution in [0, 0.1) is 0 Å². The van der Waals surface area contributed by atoms with E-state index in [1.807, 2.05) is 0 Å². The van der Waals surface area contributed by atoms with E-state index in [9.17, 15) is 14.7 Å². The van der Waals surface area contributed by atoms with Crippen molar-refractivity contribution >= 4 is 11.9 Å². The van der Waals surface area contributed by atoms with E-state index >= 15 is 0 Å². The van der Waals surface area contributed by atoms with Crippen LogP contribution in [0.15, 0.2) is 0 Å². The standard InChI is InChI=1S/C16H27NO7/c1-9(18)21-8-12-14(20)15(22-10(2)19)13(17)16(24-12)23-11-6-4-3-5-7-11/h11-16,20H,3-8,17H2,1-2H3/t12?,13?,14-,15?,16+/m0/s1. The minimum Gasteiger partial charge on any atom is -0.463 e. The van der Waals surface area contributed by atoms with Gasteiger partial charge in [-0.3, -0.25) is 9.59 Å². The zero-order chi connectivity index (χ0) is 17.7. The van der Waals surface area contributed by atoms with Crippen molar-refractivity contribution in [2.45, 2.75) is 82.7 Å². The summed E-state index contributed by atoms with van der Waals surface area (Å²) in [7, 11) is 0. The number of hydrogen-bond donors (Lipinski definition) is 2. The van der Waals surface area contributed by atoms with Crippen LogP contribution in [0.1, 0.15) is 46.0 Å². The summed E-state index contributed by atoms with van der Waals surface area (Å²) in [6.07, 6.45) is 1.33. The Morgan fingerprint density at radius 3 is 2.42 bits per heavy atom. The normalized spacial score (nSPS) is 34.6. The lowest BCUT2D eigenvalue weighted by atomic mass is 9.95. The predicted octanol–water partition coefficient (Wildman–Crippen LogP) is 0.244. The van der Waals surface area contributed by atoms with Gasteiger partial charge in [-0.1, -0.05) is 19.3 Å². The van der Waals surface area contributed by atoms with Crippen molar-refractivity contribution in [2.24, 2.45) is 5.73 Å². The Bertz CT molecular complexity index is 438. The van der Waals surface area contributed by atoms with Crippen LogP contribution in [0.5, 0.6) is 0 Å². The molecule has 0 bridgehead atoms. The van der Waals surface area contributed by atoms with Gasteiger partial charge in [0, 0.05) is 13.8 Å². The van der Waals surface area contributed by atoms with Crippen LogP contribution in [-0.2, 0) is 28.5 Å². The molecule has 0 aromatic heterocycles. The summed E-state index contributed by atoms with van der Waals surface area (Å²) in [5.74, 6) is -1.05. The minimum atomic E-state index is -1.20. The Labute approximate surface area is 141 Å². The molecule has 0 radical (unpaired) electrons. The zero-order valence-corrected chi connectivity index (χ0v) is 14.2. The van der Waals surface area contributed by atoms with Crippen molar-refractivity contribution < 1.29 is 33.6 Å². The summed E-state index contributed by atoms with van der Waals surface area (Å²) in [6, 6.07) is -0.820. The Hall–Kier alpha value is -1.22. The molecular formula is C16H27NO7. The highest BCUT2D eigenvalue weighted by atomic mass is 16.7. The maximum Gasteiger partial charge on any atom is 0.303 e. The molecule has 1 saturated carbocycles. The number of esters is 2.